The van der Waals surface area contributed by atoms with Gasteiger partial charge < -0.3 is 9.47 Å². The van der Waals surface area contributed by atoms with Crippen LogP contribution in [0.25, 0.3) is 11.1 Å². The molecule has 0 radical (unpaired) electrons. The zero-order valence-corrected chi connectivity index (χ0v) is 19.3. The third kappa shape index (κ3) is 4.38. The number of carbonyl (C=O) groups excluding carboxylic acids is 1. The Morgan fingerprint density at radius 3 is 2.44 bits per heavy atom. The van der Waals surface area contributed by atoms with E-state index in [-0.39, 0.29) is 12.6 Å². The number of methoxy groups -OCH3 is 1. The molecule has 0 spiro atoms. The van der Waals surface area contributed by atoms with E-state index in [0.717, 1.165) is 22.4 Å². The second-order valence-electron chi connectivity index (χ2n) is 7.36. The van der Waals surface area contributed by atoms with Gasteiger partial charge >= 0.3 is 6.03 Å². The quantitative estimate of drug-likeness (QED) is 0.506. The largest absolute Gasteiger partial charge is 0.496 e. The minimum absolute atomic E-state index is 0.229. The smallest absolute Gasteiger partial charge is 0.355 e. The van der Waals surface area contributed by atoms with Crippen molar-refractivity contribution in [3.05, 3.63) is 71.8 Å². The van der Waals surface area contributed by atoms with Crippen LogP contribution in [0.1, 0.15) is 11.1 Å². The van der Waals surface area contributed by atoms with Gasteiger partial charge in [-0.2, -0.15) is 0 Å². The van der Waals surface area contributed by atoms with Crippen LogP contribution in [0, 0.1) is 6.92 Å². The summed E-state index contributed by atoms with van der Waals surface area (Å²) in [6.45, 7) is 2.28. The van der Waals surface area contributed by atoms with Crippen LogP contribution in [0.2, 0.25) is 0 Å². The van der Waals surface area contributed by atoms with Gasteiger partial charge in [0.15, 0.2) is 0 Å². The van der Waals surface area contributed by atoms with Crippen LogP contribution >= 0.6 is 11.8 Å². The Bertz CT molecular complexity index is 1140. The van der Waals surface area contributed by atoms with E-state index in [9.17, 15) is 4.79 Å². The lowest BCUT2D eigenvalue weighted by molar-refractivity contribution is 0.214. The van der Waals surface area contributed by atoms with Crippen molar-refractivity contribution in [3.8, 4) is 22.6 Å². The Morgan fingerprint density at radius 1 is 0.969 bits per heavy atom. The molecule has 0 saturated carbocycles. The van der Waals surface area contributed by atoms with Crippen LogP contribution in [0.4, 0.5) is 10.5 Å². The van der Waals surface area contributed by atoms with Gasteiger partial charge in [-0.25, -0.2) is 14.8 Å². The van der Waals surface area contributed by atoms with Crippen molar-refractivity contribution in [1.29, 1.82) is 0 Å². The second kappa shape index (κ2) is 9.52. The second-order valence-corrected chi connectivity index (χ2v) is 8.24. The lowest BCUT2D eigenvalue weighted by Crippen LogP contribution is -2.38. The van der Waals surface area contributed by atoms with Gasteiger partial charge in [0.25, 0.3) is 0 Å². The molecule has 2 N–H and O–H groups in total. The molecule has 0 bridgehead atoms. The monoisotopic (exact) mass is 450 g/mol. The highest BCUT2D eigenvalue weighted by Gasteiger charge is 2.29. The molecule has 1 saturated heterocycles. The number of hydrogen-bond acceptors (Lipinski definition) is 6. The average molecular weight is 451 g/mol. The molecule has 166 valence electrons. The minimum atomic E-state index is -0.229. The Hall–Kier alpha value is -3.20. The predicted octanol–water partition coefficient (Wildman–Crippen LogP) is 4.77. The highest BCUT2D eigenvalue weighted by molar-refractivity contribution is 7.98. The number of anilines is 1. The highest BCUT2D eigenvalue weighted by atomic mass is 32.2. The van der Waals surface area contributed by atoms with E-state index in [1.165, 1.54) is 20.5 Å². The molecule has 0 aliphatic carbocycles. The fraction of sp³-hybridized carbons (Fsp3) is 0.208. The van der Waals surface area contributed by atoms with Crippen LogP contribution in [0.5, 0.6) is 11.5 Å². The summed E-state index contributed by atoms with van der Waals surface area (Å²) in [6, 6.07) is 20.0. The molecule has 3 aromatic rings. The molecule has 1 fully saturated rings. The van der Waals surface area contributed by atoms with Crippen molar-refractivity contribution in [2.75, 3.05) is 25.4 Å². The summed E-state index contributed by atoms with van der Waals surface area (Å²) in [4.78, 5) is 13.7. The van der Waals surface area contributed by atoms with Crippen LogP contribution in [0.15, 0.2) is 65.6 Å². The molecular weight excluding hydrogens is 424 g/mol. The Balaban J connectivity index is 1.58. The molecule has 7 nitrogen and oxygen atoms in total. The van der Waals surface area contributed by atoms with E-state index in [2.05, 4.69) is 53.7 Å². The molecule has 2 amide bonds. The normalized spacial score (nSPS) is 13.6. The number of hydrogen-bond donors (Lipinski definition) is 2. The Labute approximate surface area is 192 Å². The van der Waals surface area contributed by atoms with Crippen molar-refractivity contribution < 1.29 is 14.3 Å². The number of aryl methyl sites for hydroxylation is 1. The van der Waals surface area contributed by atoms with Gasteiger partial charge in [0.1, 0.15) is 18.1 Å². The van der Waals surface area contributed by atoms with Crippen molar-refractivity contribution in [3.63, 3.8) is 0 Å². The predicted molar refractivity (Wildman–Crippen MR) is 128 cm³/mol. The van der Waals surface area contributed by atoms with Gasteiger partial charge in [0.05, 0.1) is 18.4 Å². The maximum Gasteiger partial charge on any atom is 0.355 e. The first kappa shape index (κ1) is 22.0. The zero-order valence-electron chi connectivity index (χ0n) is 18.5. The number of hydrazine groups is 3. The lowest BCUT2D eigenvalue weighted by atomic mass is 10.0. The first-order valence-electron chi connectivity index (χ1n) is 10.1. The fourth-order valence-corrected chi connectivity index (χ4v) is 4.04. The van der Waals surface area contributed by atoms with Crippen molar-refractivity contribution in [2.45, 2.75) is 18.4 Å². The zero-order chi connectivity index (χ0) is 22.7. The SMILES string of the molecule is COc1cccc(N2NNN(C)C2=O)c1COc1ccc(-c2cccc(SC)c2)cc1C. The van der Waals surface area contributed by atoms with Gasteiger partial charge in [-0.15, -0.1) is 22.8 Å². The number of amides is 2. The molecule has 1 heterocycles. The third-order valence-corrected chi connectivity index (χ3v) is 6.05. The first-order valence-corrected chi connectivity index (χ1v) is 11.4. The summed E-state index contributed by atoms with van der Waals surface area (Å²) in [7, 11) is 3.25. The summed E-state index contributed by atoms with van der Waals surface area (Å²) in [5.41, 5.74) is 10.4. The van der Waals surface area contributed by atoms with E-state index in [1.807, 2.05) is 31.2 Å². The number of ether oxygens (including phenoxy) is 2. The number of nitrogens with zero attached hydrogens (tertiary/aromatic N) is 2. The lowest BCUT2D eigenvalue weighted by Gasteiger charge is -2.20. The summed E-state index contributed by atoms with van der Waals surface area (Å²) in [5, 5.41) is 2.79. The van der Waals surface area contributed by atoms with Crippen LogP contribution in [-0.2, 0) is 6.61 Å². The number of urea groups is 1. The van der Waals surface area contributed by atoms with E-state index < -0.39 is 0 Å². The van der Waals surface area contributed by atoms with E-state index >= 15 is 0 Å². The number of rotatable bonds is 7. The molecular formula is C24H26N4O3S. The summed E-state index contributed by atoms with van der Waals surface area (Å²) in [5.74, 6) is 1.43. The Kier molecular flexibility index (Phi) is 6.55. The molecule has 32 heavy (non-hydrogen) atoms. The summed E-state index contributed by atoms with van der Waals surface area (Å²) < 4.78 is 11.7. The average Bonchev–Trinajstić information content (AvgIpc) is 3.16. The maximum absolute atomic E-state index is 12.4. The van der Waals surface area contributed by atoms with Crippen molar-refractivity contribution in [2.24, 2.45) is 0 Å². The van der Waals surface area contributed by atoms with E-state index in [1.54, 1.807) is 25.9 Å². The first-order chi connectivity index (χ1) is 15.5. The standard InChI is InChI=1S/C24H26N4O3S/c1-16-13-18(17-7-5-8-19(14-17)32-4)11-12-22(16)31-15-20-21(9-6-10-23(20)30-3)28-24(29)27(2)25-26-28/h5-14,25-26H,15H2,1-4H3. The number of carbonyl (C=O) groups is 1. The van der Waals surface area contributed by atoms with E-state index in [0.29, 0.717) is 11.4 Å². The van der Waals surface area contributed by atoms with Crippen molar-refractivity contribution >= 4 is 23.5 Å². The minimum Gasteiger partial charge on any atom is -0.496 e. The molecule has 4 rings (SSSR count). The topological polar surface area (TPSA) is 66.1 Å². The molecule has 8 heteroatoms. The van der Waals surface area contributed by atoms with Gasteiger partial charge in [-0.1, -0.05) is 24.3 Å². The molecule has 0 aromatic heterocycles. The van der Waals surface area contributed by atoms with Crippen LogP contribution in [0.3, 0.4) is 0 Å². The summed E-state index contributed by atoms with van der Waals surface area (Å²) in [6.07, 6.45) is 2.08. The van der Waals surface area contributed by atoms with Gasteiger partial charge in [-0.3, -0.25) is 0 Å². The number of thioether (sulfide) groups is 1. The van der Waals surface area contributed by atoms with Crippen LogP contribution in [-0.4, -0.2) is 31.5 Å². The van der Waals surface area contributed by atoms with Crippen LogP contribution < -0.4 is 25.6 Å². The number of nitrogens with one attached hydrogen (secondary N) is 2. The third-order valence-electron chi connectivity index (χ3n) is 5.33. The maximum atomic E-state index is 12.4. The molecule has 1 aliphatic heterocycles. The van der Waals surface area contributed by atoms with Gasteiger partial charge in [-0.05, 0) is 66.3 Å². The summed E-state index contributed by atoms with van der Waals surface area (Å²) >= 11 is 1.73. The molecule has 0 atom stereocenters. The highest BCUT2D eigenvalue weighted by Crippen LogP contribution is 2.33. The van der Waals surface area contributed by atoms with Gasteiger partial charge in [0, 0.05) is 11.9 Å². The molecule has 3 aromatic carbocycles. The van der Waals surface area contributed by atoms with Crippen molar-refractivity contribution in [1.82, 2.24) is 16.1 Å². The fourth-order valence-electron chi connectivity index (χ4n) is 3.58. The molecule has 1 aliphatic rings. The van der Waals surface area contributed by atoms with E-state index in [4.69, 9.17) is 9.47 Å². The Morgan fingerprint density at radius 2 is 1.75 bits per heavy atom. The number of benzene rings is 3. The molecule has 0 unspecified atom stereocenters. The van der Waals surface area contributed by atoms with Gasteiger partial charge in [0.2, 0.25) is 0 Å².